The van der Waals surface area contributed by atoms with E-state index in [9.17, 15) is 8.42 Å². The van der Waals surface area contributed by atoms with E-state index in [1.54, 1.807) is 12.1 Å². The summed E-state index contributed by atoms with van der Waals surface area (Å²) in [6.07, 6.45) is 0.595. The summed E-state index contributed by atoms with van der Waals surface area (Å²) in [6, 6.07) is 3.27. The summed E-state index contributed by atoms with van der Waals surface area (Å²) in [7, 11) is -3.70. The van der Waals surface area contributed by atoms with Crippen molar-refractivity contribution in [2.45, 2.75) is 38.2 Å². The third-order valence-electron chi connectivity index (χ3n) is 2.41. The Labute approximate surface area is 112 Å². The monoisotopic (exact) mass is 292 g/mol. The second kappa shape index (κ2) is 5.97. The minimum absolute atomic E-state index is 0.142. The molecule has 7 heteroatoms. The van der Waals surface area contributed by atoms with Gasteiger partial charge in [0.25, 0.3) is 0 Å². The number of pyridine rings is 1. The van der Waals surface area contributed by atoms with E-state index in [4.69, 9.17) is 21.5 Å². The van der Waals surface area contributed by atoms with Crippen molar-refractivity contribution in [1.82, 2.24) is 4.98 Å². The predicted octanol–water partition coefficient (Wildman–Crippen LogP) is 1.88. The van der Waals surface area contributed by atoms with Crippen LogP contribution in [0, 0.1) is 0 Å². The number of hydrogen-bond acceptors (Lipinski definition) is 4. The zero-order valence-corrected chi connectivity index (χ0v) is 12.1. The molecule has 102 valence electrons. The first-order chi connectivity index (χ1) is 8.21. The standard InChI is InChI=1S/C11H17ClN2O3S/c1-7(2)17-11(8(3)18(13,15)16)10-5-4-9(12)6-14-10/h4-8,11H,1-3H3,(H2,13,15,16)/t8-,11+/m0/s1. The van der Waals surface area contributed by atoms with Gasteiger partial charge in [-0.3, -0.25) is 4.98 Å². The van der Waals surface area contributed by atoms with E-state index < -0.39 is 21.4 Å². The molecule has 0 radical (unpaired) electrons. The van der Waals surface area contributed by atoms with Crippen LogP contribution in [0.15, 0.2) is 18.3 Å². The zero-order chi connectivity index (χ0) is 13.9. The summed E-state index contributed by atoms with van der Waals surface area (Å²) in [5, 5.41) is 4.76. The quantitative estimate of drug-likeness (QED) is 0.898. The zero-order valence-electron chi connectivity index (χ0n) is 10.5. The minimum atomic E-state index is -3.70. The molecule has 1 aromatic rings. The molecule has 0 amide bonds. The number of ether oxygens (including phenoxy) is 1. The molecule has 1 heterocycles. The van der Waals surface area contributed by atoms with Crippen LogP contribution in [0.5, 0.6) is 0 Å². The van der Waals surface area contributed by atoms with Crippen molar-refractivity contribution < 1.29 is 13.2 Å². The smallest absolute Gasteiger partial charge is 0.214 e. The van der Waals surface area contributed by atoms with Crippen LogP contribution in [0.25, 0.3) is 0 Å². The molecule has 2 N–H and O–H groups in total. The number of sulfonamides is 1. The first kappa shape index (κ1) is 15.4. The second-order valence-corrected chi connectivity index (χ2v) is 6.66. The fourth-order valence-electron chi connectivity index (χ4n) is 1.44. The molecule has 0 aliphatic heterocycles. The molecule has 0 unspecified atom stereocenters. The SMILES string of the molecule is CC(C)O[C@@H](c1ccc(Cl)cn1)[C@H](C)S(N)(=O)=O. The first-order valence-corrected chi connectivity index (χ1v) is 7.49. The molecule has 0 bridgehead atoms. The Kier molecular flexibility index (Phi) is 5.10. The minimum Gasteiger partial charge on any atom is -0.368 e. The van der Waals surface area contributed by atoms with Gasteiger partial charge in [-0.25, -0.2) is 13.6 Å². The molecule has 18 heavy (non-hydrogen) atoms. The molecule has 1 aromatic heterocycles. The van der Waals surface area contributed by atoms with Crippen LogP contribution in [0.3, 0.4) is 0 Å². The van der Waals surface area contributed by atoms with Gasteiger partial charge in [-0.2, -0.15) is 0 Å². The van der Waals surface area contributed by atoms with Gasteiger partial charge in [0.2, 0.25) is 10.0 Å². The molecule has 0 aliphatic carbocycles. The topological polar surface area (TPSA) is 82.3 Å². The molecule has 0 saturated heterocycles. The van der Waals surface area contributed by atoms with Crippen LogP contribution < -0.4 is 5.14 Å². The maximum Gasteiger partial charge on any atom is 0.214 e. The predicted molar refractivity (Wildman–Crippen MR) is 70.8 cm³/mol. The van der Waals surface area contributed by atoms with Gasteiger partial charge in [0, 0.05) is 6.20 Å². The maximum absolute atomic E-state index is 11.4. The Bertz CT molecular complexity index is 488. The number of aromatic nitrogens is 1. The number of halogens is 1. The van der Waals surface area contributed by atoms with Crippen molar-refractivity contribution in [1.29, 1.82) is 0 Å². The normalized spacial score (nSPS) is 15.7. The highest BCUT2D eigenvalue weighted by atomic mass is 35.5. The van der Waals surface area contributed by atoms with Crippen LogP contribution >= 0.6 is 11.6 Å². The van der Waals surface area contributed by atoms with Gasteiger partial charge in [0.15, 0.2) is 0 Å². The molecular weight excluding hydrogens is 276 g/mol. The van der Waals surface area contributed by atoms with Gasteiger partial charge < -0.3 is 4.74 Å². The molecule has 2 atom stereocenters. The summed E-state index contributed by atoms with van der Waals surface area (Å²) in [5.74, 6) is 0. The van der Waals surface area contributed by atoms with E-state index in [1.165, 1.54) is 13.1 Å². The van der Waals surface area contributed by atoms with Crippen LogP contribution in [-0.4, -0.2) is 24.8 Å². The van der Waals surface area contributed by atoms with E-state index in [0.29, 0.717) is 10.7 Å². The highest BCUT2D eigenvalue weighted by molar-refractivity contribution is 7.89. The fraction of sp³-hybridized carbons (Fsp3) is 0.545. The van der Waals surface area contributed by atoms with E-state index in [1.807, 2.05) is 13.8 Å². The third kappa shape index (κ3) is 4.20. The maximum atomic E-state index is 11.4. The first-order valence-electron chi connectivity index (χ1n) is 5.50. The Morgan fingerprint density at radius 2 is 1.94 bits per heavy atom. The summed E-state index contributed by atoms with van der Waals surface area (Å²) in [4.78, 5) is 4.09. The van der Waals surface area contributed by atoms with Crippen molar-refractivity contribution in [2.75, 3.05) is 0 Å². The molecule has 0 spiro atoms. The van der Waals surface area contributed by atoms with Gasteiger partial charge in [-0.15, -0.1) is 0 Å². The number of rotatable bonds is 5. The Morgan fingerprint density at radius 1 is 1.33 bits per heavy atom. The van der Waals surface area contributed by atoms with E-state index in [0.717, 1.165) is 0 Å². The van der Waals surface area contributed by atoms with Gasteiger partial charge in [-0.1, -0.05) is 11.6 Å². The summed E-state index contributed by atoms with van der Waals surface area (Å²) in [6.45, 7) is 5.14. The fourth-order valence-corrected chi connectivity index (χ4v) is 2.10. The highest BCUT2D eigenvalue weighted by Gasteiger charge is 2.30. The van der Waals surface area contributed by atoms with Gasteiger partial charge in [0.05, 0.1) is 16.8 Å². The Balaban J connectivity index is 3.09. The van der Waals surface area contributed by atoms with Crippen LogP contribution in [0.1, 0.15) is 32.6 Å². The summed E-state index contributed by atoms with van der Waals surface area (Å²) >= 11 is 5.75. The van der Waals surface area contributed by atoms with Crippen LogP contribution in [0.2, 0.25) is 5.02 Å². The average molecular weight is 293 g/mol. The number of hydrogen-bond donors (Lipinski definition) is 1. The molecule has 0 aromatic carbocycles. The van der Waals surface area contributed by atoms with Gasteiger partial charge in [0.1, 0.15) is 11.4 Å². The molecular formula is C11H17ClN2O3S. The average Bonchev–Trinajstić information content (AvgIpc) is 2.25. The third-order valence-corrected chi connectivity index (χ3v) is 3.91. The van der Waals surface area contributed by atoms with Crippen molar-refractivity contribution in [3.05, 3.63) is 29.0 Å². The van der Waals surface area contributed by atoms with Gasteiger partial charge >= 0.3 is 0 Å². The second-order valence-electron chi connectivity index (χ2n) is 4.30. The van der Waals surface area contributed by atoms with Crippen molar-refractivity contribution >= 4 is 21.6 Å². The molecule has 0 aliphatic rings. The van der Waals surface area contributed by atoms with Crippen molar-refractivity contribution in [2.24, 2.45) is 5.14 Å². The molecule has 0 saturated carbocycles. The lowest BCUT2D eigenvalue weighted by Crippen LogP contribution is -2.34. The Morgan fingerprint density at radius 3 is 2.33 bits per heavy atom. The van der Waals surface area contributed by atoms with E-state index >= 15 is 0 Å². The van der Waals surface area contributed by atoms with Crippen LogP contribution in [0.4, 0.5) is 0 Å². The van der Waals surface area contributed by atoms with Gasteiger partial charge in [-0.05, 0) is 32.9 Å². The largest absolute Gasteiger partial charge is 0.368 e. The number of primary sulfonamides is 1. The summed E-state index contributed by atoms with van der Waals surface area (Å²) < 4.78 is 28.5. The summed E-state index contributed by atoms with van der Waals surface area (Å²) in [5.41, 5.74) is 0.495. The molecule has 1 rings (SSSR count). The van der Waals surface area contributed by atoms with Crippen molar-refractivity contribution in [3.63, 3.8) is 0 Å². The van der Waals surface area contributed by atoms with E-state index in [-0.39, 0.29) is 6.10 Å². The Hall–Kier alpha value is -0.690. The van der Waals surface area contributed by atoms with Crippen LogP contribution in [-0.2, 0) is 14.8 Å². The lowest BCUT2D eigenvalue weighted by Gasteiger charge is -2.24. The lowest BCUT2D eigenvalue weighted by atomic mass is 10.1. The number of nitrogens with zero attached hydrogens (tertiary/aromatic N) is 1. The lowest BCUT2D eigenvalue weighted by molar-refractivity contribution is 0.00409. The van der Waals surface area contributed by atoms with Crippen molar-refractivity contribution in [3.8, 4) is 0 Å². The molecule has 0 fully saturated rings. The molecule has 5 nitrogen and oxygen atoms in total. The van der Waals surface area contributed by atoms with E-state index in [2.05, 4.69) is 4.98 Å². The highest BCUT2D eigenvalue weighted by Crippen LogP contribution is 2.25. The number of nitrogens with two attached hydrogens (primary N) is 1.